The molecule has 0 aromatic carbocycles. The van der Waals surface area contributed by atoms with Crippen molar-refractivity contribution < 1.29 is 23.1 Å². The molecule has 0 amide bonds. The van der Waals surface area contributed by atoms with Crippen LogP contribution >= 0.6 is 0 Å². The molecule has 1 aliphatic rings. The van der Waals surface area contributed by atoms with Gasteiger partial charge in [-0.05, 0) is 12.8 Å². The first-order chi connectivity index (χ1) is 7.36. The van der Waals surface area contributed by atoms with Crippen molar-refractivity contribution in [1.29, 1.82) is 0 Å². The van der Waals surface area contributed by atoms with Gasteiger partial charge in [-0.15, -0.1) is 0 Å². The number of alkyl halides is 3. The smallest absolute Gasteiger partial charge is 0.401 e. The Morgan fingerprint density at radius 2 is 1.69 bits per heavy atom. The number of halogens is 3. The molecule has 0 radical (unpaired) electrons. The third-order valence-electron chi connectivity index (χ3n) is 2.99. The van der Waals surface area contributed by atoms with Crippen molar-refractivity contribution >= 4 is 5.97 Å². The van der Waals surface area contributed by atoms with Crippen LogP contribution in [-0.4, -0.2) is 29.3 Å². The third kappa shape index (κ3) is 3.66. The van der Waals surface area contributed by atoms with Crippen LogP contribution < -0.4 is 5.32 Å². The molecule has 6 heteroatoms. The molecule has 3 nitrogen and oxygen atoms in total. The Morgan fingerprint density at radius 1 is 1.19 bits per heavy atom. The largest absolute Gasteiger partial charge is 0.480 e. The summed E-state index contributed by atoms with van der Waals surface area (Å²) in [5, 5.41) is 11.3. The molecular weight excluding hydrogens is 223 g/mol. The van der Waals surface area contributed by atoms with Crippen LogP contribution in [0.1, 0.15) is 38.5 Å². The van der Waals surface area contributed by atoms with Gasteiger partial charge in [0.05, 0.1) is 6.54 Å². The minimum atomic E-state index is -4.37. The fourth-order valence-electron chi connectivity index (χ4n) is 2.07. The fourth-order valence-corrected chi connectivity index (χ4v) is 2.07. The van der Waals surface area contributed by atoms with Crippen molar-refractivity contribution in [3.8, 4) is 0 Å². The van der Waals surface area contributed by atoms with E-state index in [1.54, 1.807) is 0 Å². The summed E-state index contributed by atoms with van der Waals surface area (Å²) < 4.78 is 36.3. The van der Waals surface area contributed by atoms with Gasteiger partial charge in [0.2, 0.25) is 0 Å². The highest BCUT2D eigenvalue weighted by Crippen LogP contribution is 2.28. The Labute approximate surface area is 92.0 Å². The quantitative estimate of drug-likeness (QED) is 0.743. The van der Waals surface area contributed by atoms with Gasteiger partial charge in [0, 0.05) is 0 Å². The maximum absolute atomic E-state index is 12.1. The summed E-state index contributed by atoms with van der Waals surface area (Å²) >= 11 is 0. The van der Waals surface area contributed by atoms with E-state index in [2.05, 4.69) is 5.32 Å². The predicted molar refractivity (Wildman–Crippen MR) is 52.1 cm³/mol. The zero-order chi connectivity index (χ0) is 12.2. The van der Waals surface area contributed by atoms with Gasteiger partial charge in [0.15, 0.2) is 0 Å². The molecule has 0 unspecified atom stereocenters. The van der Waals surface area contributed by atoms with E-state index >= 15 is 0 Å². The number of carboxylic acid groups (broad SMARTS) is 1. The molecule has 0 bridgehead atoms. The third-order valence-corrected chi connectivity index (χ3v) is 2.99. The summed E-state index contributed by atoms with van der Waals surface area (Å²) in [6, 6.07) is 0. The summed E-state index contributed by atoms with van der Waals surface area (Å²) in [6.07, 6.45) is -0.703. The lowest BCUT2D eigenvalue weighted by Gasteiger charge is -2.29. The number of hydrogen-bond acceptors (Lipinski definition) is 2. The van der Waals surface area contributed by atoms with Crippen LogP contribution in [-0.2, 0) is 4.79 Å². The number of hydrogen-bond donors (Lipinski definition) is 2. The molecule has 1 saturated carbocycles. The van der Waals surface area contributed by atoms with E-state index in [4.69, 9.17) is 5.11 Å². The second-order valence-electron chi connectivity index (χ2n) is 4.27. The van der Waals surface area contributed by atoms with E-state index in [0.717, 1.165) is 12.8 Å². The van der Waals surface area contributed by atoms with E-state index in [-0.39, 0.29) is 12.8 Å². The van der Waals surface area contributed by atoms with Crippen LogP contribution in [0, 0.1) is 0 Å². The molecule has 0 atom stereocenters. The Kier molecular flexibility index (Phi) is 4.18. The van der Waals surface area contributed by atoms with Crippen LogP contribution in [0.2, 0.25) is 0 Å². The van der Waals surface area contributed by atoms with Crippen LogP contribution in [0.3, 0.4) is 0 Å². The van der Waals surface area contributed by atoms with E-state index < -0.39 is 24.2 Å². The lowest BCUT2D eigenvalue weighted by Crippen LogP contribution is -2.54. The van der Waals surface area contributed by atoms with E-state index in [1.165, 1.54) is 0 Å². The van der Waals surface area contributed by atoms with Crippen molar-refractivity contribution in [3.63, 3.8) is 0 Å². The topological polar surface area (TPSA) is 49.3 Å². The molecule has 2 N–H and O–H groups in total. The lowest BCUT2D eigenvalue weighted by molar-refractivity contribution is -0.151. The average Bonchev–Trinajstić information content (AvgIpc) is 2.39. The van der Waals surface area contributed by atoms with Gasteiger partial charge in [-0.25, -0.2) is 0 Å². The van der Waals surface area contributed by atoms with Crippen molar-refractivity contribution in [3.05, 3.63) is 0 Å². The summed E-state index contributed by atoms with van der Waals surface area (Å²) in [4.78, 5) is 11.1. The molecule has 0 saturated heterocycles. The number of carboxylic acids is 1. The lowest BCUT2D eigenvalue weighted by atomic mass is 9.90. The fraction of sp³-hybridized carbons (Fsp3) is 0.900. The van der Waals surface area contributed by atoms with E-state index in [9.17, 15) is 18.0 Å². The van der Waals surface area contributed by atoms with Crippen molar-refractivity contribution in [2.45, 2.75) is 50.2 Å². The van der Waals surface area contributed by atoms with Crippen LogP contribution in [0.25, 0.3) is 0 Å². The summed E-state index contributed by atoms with van der Waals surface area (Å²) in [5.41, 5.74) is -1.38. The first kappa shape index (κ1) is 13.3. The van der Waals surface area contributed by atoms with E-state index in [0.29, 0.717) is 12.8 Å². The van der Waals surface area contributed by atoms with Gasteiger partial charge >= 0.3 is 12.1 Å². The Morgan fingerprint density at radius 3 is 2.06 bits per heavy atom. The van der Waals surface area contributed by atoms with Crippen molar-refractivity contribution in [1.82, 2.24) is 5.32 Å². The summed E-state index contributed by atoms with van der Waals surface area (Å²) in [5.74, 6) is -1.17. The zero-order valence-electron chi connectivity index (χ0n) is 8.94. The van der Waals surface area contributed by atoms with E-state index in [1.807, 2.05) is 0 Å². The Hall–Kier alpha value is -0.780. The number of aliphatic carboxylic acids is 1. The average molecular weight is 239 g/mol. The molecule has 16 heavy (non-hydrogen) atoms. The summed E-state index contributed by atoms with van der Waals surface area (Å²) in [6.45, 7) is -1.24. The number of carbonyl (C=O) groups is 1. The van der Waals surface area contributed by atoms with Gasteiger partial charge in [-0.2, -0.15) is 13.2 Å². The number of nitrogens with one attached hydrogen (secondary N) is 1. The molecule has 1 fully saturated rings. The van der Waals surface area contributed by atoms with Gasteiger partial charge in [-0.3, -0.25) is 10.1 Å². The second-order valence-corrected chi connectivity index (χ2v) is 4.27. The predicted octanol–water partition coefficient (Wildman–Crippen LogP) is 2.32. The molecular formula is C10H16F3NO2. The first-order valence-electron chi connectivity index (χ1n) is 5.41. The monoisotopic (exact) mass is 239 g/mol. The summed E-state index contributed by atoms with van der Waals surface area (Å²) in [7, 11) is 0. The van der Waals surface area contributed by atoms with Crippen molar-refractivity contribution in [2.24, 2.45) is 0 Å². The molecule has 94 valence electrons. The van der Waals surface area contributed by atoms with Gasteiger partial charge in [-0.1, -0.05) is 25.7 Å². The van der Waals surface area contributed by atoms with Gasteiger partial charge in [0.1, 0.15) is 5.54 Å². The number of rotatable bonds is 3. The molecule has 0 aliphatic heterocycles. The van der Waals surface area contributed by atoms with Crippen LogP contribution in [0.5, 0.6) is 0 Å². The first-order valence-corrected chi connectivity index (χ1v) is 5.41. The minimum Gasteiger partial charge on any atom is -0.480 e. The molecule has 0 heterocycles. The Balaban J connectivity index is 2.67. The van der Waals surface area contributed by atoms with Crippen LogP contribution in [0.15, 0.2) is 0 Å². The van der Waals surface area contributed by atoms with Crippen LogP contribution in [0.4, 0.5) is 13.2 Å². The molecule has 1 aliphatic carbocycles. The Bertz CT molecular complexity index is 245. The normalized spacial score (nSPS) is 21.4. The maximum Gasteiger partial charge on any atom is 0.401 e. The highest BCUT2D eigenvalue weighted by atomic mass is 19.4. The van der Waals surface area contributed by atoms with Gasteiger partial charge < -0.3 is 5.11 Å². The zero-order valence-corrected chi connectivity index (χ0v) is 8.94. The molecule has 0 aromatic rings. The molecule has 1 rings (SSSR count). The maximum atomic E-state index is 12.1. The van der Waals surface area contributed by atoms with Crippen molar-refractivity contribution in [2.75, 3.05) is 6.54 Å². The SMILES string of the molecule is O=C(O)C1(NCC(F)(F)F)CCCCCC1. The standard InChI is InChI=1S/C10H16F3NO2/c11-10(12,13)7-14-9(8(15)16)5-3-1-2-4-6-9/h14H,1-7H2,(H,15,16). The second kappa shape index (κ2) is 5.03. The molecule has 0 spiro atoms. The molecule has 0 aromatic heterocycles. The van der Waals surface area contributed by atoms with Gasteiger partial charge in [0.25, 0.3) is 0 Å². The highest BCUT2D eigenvalue weighted by molar-refractivity contribution is 5.78. The minimum absolute atomic E-state index is 0.276. The highest BCUT2D eigenvalue weighted by Gasteiger charge is 2.41.